The summed E-state index contributed by atoms with van der Waals surface area (Å²) in [6, 6.07) is 16.8. The van der Waals surface area contributed by atoms with Crippen molar-refractivity contribution in [3.63, 3.8) is 0 Å². The summed E-state index contributed by atoms with van der Waals surface area (Å²) >= 11 is 12.2. The Kier molecular flexibility index (Phi) is 8.64. The van der Waals surface area contributed by atoms with Crippen molar-refractivity contribution in [3.05, 3.63) is 76.3 Å². The maximum absolute atomic E-state index is 13.7. The Morgan fingerprint density at radius 3 is 2.31 bits per heavy atom. The minimum absolute atomic E-state index is 0.0504. The number of carbonyl (C=O) groups is 2. The van der Waals surface area contributed by atoms with E-state index in [2.05, 4.69) is 5.32 Å². The molecule has 3 rings (SSSR count). The van der Waals surface area contributed by atoms with Gasteiger partial charge < -0.3 is 10.2 Å². The molecule has 0 unspecified atom stereocenters. The molecule has 0 saturated heterocycles. The number of amides is 2. The van der Waals surface area contributed by atoms with Crippen LogP contribution in [0.3, 0.4) is 0 Å². The van der Waals surface area contributed by atoms with Crippen LogP contribution in [0, 0.1) is 0 Å². The highest BCUT2D eigenvalue weighted by Crippen LogP contribution is 2.29. The fourth-order valence-corrected chi connectivity index (χ4v) is 5.12. The van der Waals surface area contributed by atoms with Crippen LogP contribution in [-0.4, -0.2) is 51.0 Å². The Labute approximate surface area is 215 Å². The van der Waals surface area contributed by atoms with Gasteiger partial charge in [-0.3, -0.25) is 13.9 Å². The average molecular weight is 536 g/mol. The minimum Gasteiger partial charge on any atom is -0.357 e. The van der Waals surface area contributed by atoms with Gasteiger partial charge in [0, 0.05) is 19.0 Å². The Morgan fingerprint density at radius 2 is 1.69 bits per heavy atom. The molecule has 0 aliphatic rings. The number of sulfonamides is 1. The van der Waals surface area contributed by atoms with Crippen molar-refractivity contribution in [3.8, 4) is 0 Å². The van der Waals surface area contributed by atoms with Crippen LogP contribution in [0.5, 0.6) is 0 Å². The van der Waals surface area contributed by atoms with Crippen molar-refractivity contribution >= 4 is 61.5 Å². The maximum atomic E-state index is 13.7. The summed E-state index contributed by atoms with van der Waals surface area (Å²) in [4.78, 5) is 27.7. The first-order valence-electron chi connectivity index (χ1n) is 11.0. The lowest BCUT2D eigenvalue weighted by Crippen LogP contribution is -2.51. The first-order chi connectivity index (χ1) is 16.6. The van der Waals surface area contributed by atoms with Crippen molar-refractivity contribution in [1.29, 1.82) is 0 Å². The van der Waals surface area contributed by atoms with Crippen molar-refractivity contribution < 1.29 is 18.0 Å². The molecular formula is C25H27Cl2N3O4S. The number of rotatable bonds is 9. The first kappa shape index (κ1) is 26.8. The predicted molar refractivity (Wildman–Crippen MR) is 141 cm³/mol. The Morgan fingerprint density at radius 1 is 1.00 bits per heavy atom. The van der Waals surface area contributed by atoms with Crippen LogP contribution in [0.4, 0.5) is 5.69 Å². The molecule has 0 saturated carbocycles. The molecular weight excluding hydrogens is 509 g/mol. The summed E-state index contributed by atoms with van der Waals surface area (Å²) < 4.78 is 26.8. The lowest BCUT2D eigenvalue weighted by molar-refractivity contribution is -0.140. The van der Waals surface area contributed by atoms with E-state index in [0.29, 0.717) is 33.1 Å². The molecule has 3 aromatic rings. The number of nitrogens with one attached hydrogen (secondary N) is 1. The molecule has 0 fully saturated rings. The summed E-state index contributed by atoms with van der Waals surface area (Å²) in [7, 11) is -2.34. The van der Waals surface area contributed by atoms with Gasteiger partial charge in [0.1, 0.15) is 12.6 Å². The highest BCUT2D eigenvalue weighted by molar-refractivity contribution is 7.92. The number of benzene rings is 3. The van der Waals surface area contributed by atoms with E-state index >= 15 is 0 Å². The molecule has 35 heavy (non-hydrogen) atoms. The van der Waals surface area contributed by atoms with Gasteiger partial charge in [-0.2, -0.15) is 0 Å². The van der Waals surface area contributed by atoms with E-state index < -0.39 is 28.5 Å². The zero-order valence-corrected chi connectivity index (χ0v) is 22.0. The zero-order valence-electron chi connectivity index (χ0n) is 19.7. The predicted octanol–water partition coefficient (Wildman–Crippen LogP) is 4.47. The van der Waals surface area contributed by atoms with Crippen LogP contribution in [0.25, 0.3) is 10.8 Å². The molecule has 3 aromatic carbocycles. The van der Waals surface area contributed by atoms with E-state index in [1.165, 1.54) is 11.9 Å². The van der Waals surface area contributed by atoms with E-state index in [-0.39, 0.29) is 12.5 Å². The molecule has 10 heteroatoms. The molecule has 0 spiro atoms. The molecule has 0 aliphatic carbocycles. The van der Waals surface area contributed by atoms with Crippen LogP contribution < -0.4 is 9.62 Å². The third kappa shape index (κ3) is 6.25. The number of hydrogen-bond acceptors (Lipinski definition) is 4. The summed E-state index contributed by atoms with van der Waals surface area (Å²) in [6.07, 6.45) is 1.39. The smallest absolute Gasteiger partial charge is 0.244 e. The third-order valence-corrected chi connectivity index (χ3v) is 7.55. The van der Waals surface area contributed by atoms with Crippen LogP contribution >= 0.6 is 23.2 Å². The quantitative estimate of drug-likeness (QED) is 0.438. The molecule has 0 bridgehead atoms. The van der Waals surface area contributed by atoms with Crippen LogP contribution in [-0.2, 0) is 26.2 Å². The molecule has 0 aliphatic heterocycles. The van der Waals surface area contributed by atoms with Crippen LogP contribution in [0.2, 0.25) is 10.0 Å². The van der Waals surface area contributed by atoms with Crippen molar-refractivity contribution in [1.82, 2.24) is 10.2 Å². The molecule has 1 atom stereocenters. The van der Waals surface area contributed by atoms with Gasteiger partial charge in [0.05, 0.1) is 22.0 Å². The highest BCUT2D eigenvalue weighted by Gasteiger charge is 2.31. The summed E-state index contributed by atoms with van der Waals surface area (Å²) in [5.41, 5.74) is 1.05. The maximum Gasteiger partial charge on any atom is 0.244 e. The normalized spacial score (nSPS) is 12.3. The van der Waals surface area contributed by atoms with Gasteiger partial charge >= 0.3 is 0 Å². The van der Waals surface area contributed by atoms with Crippen molar-refractivity contribution in [2.45, 2.75) is 25.9 Å². The minimum atomic E-state index is -3.83. The van der Waals surface area contributed by atoms with Crippen LogP contribution in [0.15, 0.2) is 60.7 Å². The lowest BCUT2D eigenvalue weighted by atomic mass is 10.1. The second kappa shape index (κ2) is 11.3. The van der Waals surface area contributed by atoms with E-state index in [9.17, 15) is 18.0 Å². The topological polar surface area (TPSA) is 86.8 Å². The Bertz CT molecular complexity index is 1340. The summed E-state index contributed by atoms with van der Waals surface area (Å²) in [6.45, 7) is 1.37. The third-order valence-electron chi connectivity index (χ3n) is 5.68. The fraction of sp³-hybridized carbons (Fsp3) is 0.280. The van der Waals surface area contributed by atoms with Gasteiger partial charge in [0.2, 0.25) is 21.8 Å². The van der Waals surface area contributed by atoms with Gasteiger partial charge in [-0.1, -0.05) is 72.6 Å². The second-order valence-corrected chi connectivity index (χ2v) is 10.8. The number of fused-ring (bicyclic) bond motifs is 1. The Hall–Kier alpha value is -2.81. The zero-order chi connectivity index (χ0) is 25.8. The molecule has 2 amide bonds. The number of anilines is 1. The number of carbonyl (C=O) groups excluding carboxylic acids is 2. The molecule has 0 aromatic heterocycles. The summed E-state index contributed by atoms with van der Waals surface area (Å²) in [5, 5.41) is 4.81. The molecule has 0 radical (unpaired) electrons. The van der Waals surface area contributed by atoms with Gasteiger partial charge in [-0.15, -0.1) is 0 Å². The first-order valence-corrected chi connectivity index (χ1v) is 13.6. The molecule has 7 nitrogen and oxygen atoms in total. The number of likely N-dealkylation sites (N-methyl/N-ethyl adjacent to an activating group) is 1. The largest absolute Gasteiger partial charge is 0.357 e. The van der Waals surface area contributed by atoms with Gasteiger partial charge in [-0.25, -0.2) is 8.42 Å². The SMILES string of the molecule is CC[C@H](C(=O)NC)N(Cc1ccc(Cl)c(Cl)c1)C(=O)CN(c1cccc2ccccc12)S(C)(=O)=O. The van der Waals surface area contributed by atoms with Crippen LogP contribution in [0.1, 0.15) is 18.9 Å². The second-order valence-electron chi connectivity index (χ2n) is 8.08. The monoisotopic (exact) mass is 535 g/mol. The van der Waals surface area contributed by atoms with Gasteiger partial charge in [0.25, 0.3) is 0 Å². The number of nitrogens with zero attached hydrogens (tertiary/aromatic N) is 2. The lowest BCUT2D eigenvalue weighted by Gasteiger charge is -2.33. The van der Waals surface area contributed by atoms with E-state index in [0.717, 1.165) is 15.9 Å². The molecule has 0 heterocycles. The molecule has 1 N–H and O–H groups in total. The molecule has 186 valence electrons. The van der Waals surface area contributed by atoms with Gasteiger partial charge in [0.15, 0.2) is 0 Å². The van der Waals surface area contributed by atoms with E-state index in [1.54, 1.807) is 43.3 Å². The van der Waals surface area contributed by atoms with Crippen molar-refractivity contribution in [2.24, 2.45) is 0 Å². The number of halogens is 2. The average Bonchev–Trinajstić information content (AvgIpc) is 2.83. The highest BCUT2D eigenvalue weighted by atomic mass is 35.5. The fourth-order valence-electron chi connectivity index (χ4n) is 3.94. The van der Waals surface area contributed by atoms with E-state index in [1.807, 2.05) is 24.3 Å². The van der Waals surface area contributed by atoms with Crippen molar-refractivity contribution in [2.75, 3.05) is 24.2 Å². The summed E-state index contributed by atoms with van der Waals surface area (Å²) in [5.74, 6) is -0.873. The van der Waals surface area contributed by atoms with E-state index in [4.69, 9.17) is 23.2 Å². The number of hydrogen-bond donors (Lipinski definition) is 1. The Balaban J connectivity index is 2.04. The standard InChI is InChI=1S/C25H27Cl2N3O4S/c1-4-22(25(32)28-2)29(15-17-12-13-20(26)21(27)14-17)24(31)16-30(35(3,33)34)23-11-7-9-18-8-5-6-10-19(18)23/h5-14,22H,4,15-16H2,1-3H3,(H,28,32)/t22-/m1/s1. The van der Waals surface area contributed by atoms with Gasteiger partial charge in [-0.05, 0) is 35.6 Å².